The summed E-state index contributed by atoms with van der Waals surface area (Å²) in [6.07, 6.45) is 2.80. The maximum atomic E-state index is 12.9. The Bertz CT molecular complexity index is 1150. The van der Waals surface area contributed by atoms with Crippen molar-refractivity contribution in [2.75, 3.05) is 26.7 Å². The lowest BCUT2D eigenvalue weighted by atomic mass is 9.82. The Kier molecular flexibility index (Phi) is 7.80. The van der Waals surface area contributed by atoms with Crippen molar-refractivity contribution < 1.29 is 17.9 Å². The molecular formula is C24H28ClN3O4S. The quantitative estimate of drug-likeness (QED) is 0.669. The summed E-state index contributed by atoms with van der Waals surface area (Å²) in [6.45, 7) is 2.64. The first-order valence-electron chi connectivity index (χ1n) is 10.8. The number of ether oxygens (including phenoxy) is 1. The molecule has 2 aliphatic rings. The summed E-state index contributed by atoms with van der Waals surface area (Å²) in [4.78, 5) is 15.3. The van der Waals surface area contributed by atoms with E-state index in [1.54, 1.807) is 18.2 Å². The Morgan fingerprint density at radius 3 is 2.42 bits per heavy atom. The van der Waals surface area contributed by atoms with Gasteiger partial charge in [-0.25, -0.2) is 13.1 Å². The predicted octanol–water partition coefficient (Wildman–Crippen LogP) is 3.07. The second kappa shape index (κ2) is 10.2. The molecule has 0 bridgehead atoms. The molecule has 0 aromatic heterocycles. The lowest BCUT2D eigenvalue weighted by Crippen LogP contribution is -2.51. The first kappa shape index (κ1) is 25.2. The summed E-state index contributed by atoms with van der Waals surface area (Å²) < 4.78 is 32.3. The highest BCUT2D eigenvalue weighted by Gasteiger charge is 2.42. The van der Waals surface area contributed by atoms with E-state index in [1.165, 1.54) is 12.6 Å². The number of nitriles is 1. The second-order valence-corrected chi connectivity index (χ2v) is 10.5. The van der Waals surface area contributed by atoms with Crippen molar-refractivity contribution in [2.45, 2.75) is 37.0 Å². The third kappa shape index (κ3) is 5.92. The molecule has 1 N–H and O–H groups in total. The standard InChI is InChI=1S/C24H27N3O4S.ClH/c1-26-32(29,30)17-20-6-7-23-21(14-20)22(28)15-24(31-23)9-12-27(13-10-24)11-8-18-2-4-19(16-25)5-3-18;/h2-7,14,26H,8-13,15,17H2,1H3;1H. The third-order valence-electron chi connectivity index (χ3n) is 6.39. The number of benzene rings is 2. The zero-order chi connectivity index (χ0) is 22.8. The van der Waals surface area contributed by atoms with E-state index in [-0.39, 0.29) is 23.9 Å². The number of carbonyl (C=O) groups is 1. The minimum Gasteiger partial charge on any atom is -0.486 e. The molecular weight excluding hydrogens is 462 g/mol. The number of rotatable bonds is 6. The summed E-state index contributed by atoms with van der Waals surface area (Å²) in [5.74, 6) is 0.405. The van der Waals surface area contributed by atoms with Gasteiger partial charge in [0.2, 0.25) is 10.0 Å². The van der Waals surface area contributed by atoms with Crippen LogP contribution in [0.5, 0.6) is 5.75 Å². The fraction of sp³-hybridized carbons (Fsp3) is 0.417. The maximum absolute atomic E-state index is 12.9. The summed E-state index contributed by atoms with van der Waals surface area (Å²) >= 11 is 0. The zero-order valence-electron chi connectivity index (χ0n) is 18.5. The average Bonchev–Trinajstić information content (AvgIpc) is 2.79. The molecule has 0 saturated carbocycles. The second-order valence-electron chi connectivity index (χ2n) is 8.58. The van der Waals surface area contributed by atoms with Crippen LogP contribution in [0.15, 0.2) is 42.5 Å². The lowest BCUT2D eigenvalue weighted by Gasteiger charge is -2.44. The number of halogens is 1. The minimum atomic E-state index is -3.40. The van der Waals surface area contributed by atoms with E-state index < -0.39 is 15.6 Å². The Labute approximate surface area is 201 Å². The van der Waals surface area contributed by atoms with Crippen molar-refractivity contribution in [2.24, 2.45) is 0 Å². The number of likely N-dealkylation sites (tertiary alicyclic amines) is 1. The van der Waals surface area contributed by atoms with Crippen molar-refractivity contribution in [1.82, 2.24) is 9.62 Å². The number of nitrogens with one attached hydrogen (secondary N) is 1. The Morgan fingerprint density at radius 1 is 1.12 bits per heavy atom. The van der Waals surface area contributed by atoms with Crippen LogP contribution in [0.4, 0.5) is 0 Å². The van der Waals surface area contributed by atoms with Gasteiger partial charge in [0.15, 0.2) is 5.78 Å². The van der Waals surface area contributed by atoms with Crippen LogP contribution < -0.4 is 9.46 Å². The smallest absolute Gasteiger partial charge is 0.215 e. The van der Waals surface area contributed by atoms with E-state index in [0.717, 1.165) is 38.9 Å². The molecule has 2 aromatic rings. The fourth-order valence-corrected chi connectivity index (χ4v) is 5.18. The first-order valence-corrected chi connectivity index (χ1v) is 12.4. The lowest BCUT2D eigenvalue weighted by molar-refractivity contribution is -0.00868. The molecule has 2 aliphatic heterocycles. The average molecular weight is 490 g/mol. The monoisotopic (exact) mass is 489 g/mol. The fourth-order valence-electron chi connectivity index (χ4n) is 4.42. The van der Waals surface area contributed by atoms with E-state index in [9.17, 15) is 13.2 Å². The summed E-state index contributed by atoms with van der Waals surface area (Å²) in [7, 11) is -2.02. The number of hydrogen-bond donors (Lipinski definition) is 1. The van der Waals surface area contributed by atoms with Crippen LogP contribution in [0.3, 0.4) is 0 Å². The molecule has 0 atom stereocenters. The Hall–Kier alpha value is -2.44. The van der Waals surface area contributed by atoms with Crippen LogP contribution in [-0.2, 0) is 22.2 Å². The summed E-state index contributed by atoms with van der Waals surface area (Å²) in [6, 6.07) is 14.9. The van der Waals surface area contributed by atoms with Crippen molar-refractivity contribution in [3.05, 3.63) is 64.7 Å². The number of sulfonamides is 1. The van der Waals surface area contributed by atoms with Crippen molar-refractivity contribution in [3.63, 3.8) is 0 Å². The zero-order valence-corrected chi connectivity index (χ0v) is 20.2. The molecule has 7 nitrogen and oxygen atoms in total. The molecule has 0 amide bonds. The molecule has 1 fully saturated rings. The first-order chi connectivity index (χ1) is 15.3. The molecule has 33 heavy (non-hydrogen) atoms. The molecule has 2 aromatic carbocycles. The number of piperidine rings is 1. The van der Waals surface area contributed by atoms with Crippen molar-refractivity contribution in [1.29, 1.82) is 5.26 Å². The van der Waals surface area contributed by atoms with Crippen LogP contribution in [-0.4, -0.2) is 51.4 Å². The highest BCUT2D eigenvalue weighted by molar-refractivity contribution is 7.88. The van der Waals surface area contributed by atoms with Gasteiger partial charge in [0.05, 0.1) is 29.4 Å². The van der Waals surface area contributed by atoms with Crippen LogP contribution >= 0.6 is 12.4 Å². The summed E-state index contributed by atoms with van der Waals surface area (Å²) in [5.41, 5.74) is 2.45. The van der Waals surface area contributed by atoms with Gasteiger partial charge in [-0.05, 0) is 48.9 Å². The largest absolute Gasteiger partial charge is 0.486 e. The SMILES string of the molecule is CNS(=O)(=O)Cc1ccc2c(c1)C(=O)CC1(CCN(CCc3ccc(C#N)cc3)CC1)O2.Cl. The van der Waals surface area contributed by atoms with Crippen LogP contribution in [0.25, 0.3) is 0 Å². The van der Waals surface area contributed by atoms with Gasteiger partial charge in [0.25, 0.3) is 0 Å². The summed E-state index contributed by atoms with van der Waals surface area (Å²) in [5, 5.41) is 8.91. The number of hydrogen-bond acceptors (Lipinski definition) is 6. The number of fused-ring (bicyclic) bond motifs is 1. The minimum absolute atomic E-state index is 0. The van der Waals surface area contributed by atoms with E-state index >= 15 is 0 Å². The van der Waals surface area contributed by atoms with Gasteiger partial charge in [-0.15, -0.1) is 12.4 Å². The number of Topliss-reactive ketones (excluding diaryl/α,β-unsaturated/α-hetero) is 1. The third-order valence-corrected chi connectivity index (χ3v) is 7.72. The van der Waals surface area contributed by atoms with Gasteiger partial charge in [-0.2, -0.15) is 5.26 Å². The number of carbonyl (C=O) groups excluding carboxylic acids is 1. The van der Waals surface area contributed by atoms with Gasteiger partial charge < -0.3 is 9.64 Å². The van der Waals surface area contributed by atoms with E-state index in [0.29, 0.717) is 28.9 Å². The highest BCUT2D eigenvalue weighted by Crippen LogP contribution is 2.39. The van der Waals surface area contributed by atoms with Crippen molar-refractivity contribution >= 4 is 28.2 Å². The van der Waals surface area contributed by atoms with Gasteiger partial charge in [0.1, 0.15) is 11.4 Å². The molecule has 0 radical (unpaired) electrons. The highest BCUT2D eigenvalue weighted by atomic mass is 35.5. The predicted molar refractivity (Wildman–Crippen MR) is 128 cm³/mol. The molecule has 176 valence electrons. The van der Waals surface area contributed by atoms with Gasteiger partial charge >= 0.3 is 0 Å². The maximum Gasteiger partial charge on any atom is 0.215 e. The van der Waals surface area contributed by atoms with Crippen molar-refractivity contribution in [3.8, 4) is 11.8 Å². The van der Waals surface area contributed by atoms with E-state index in [4.69, 9.17) is 10.00 Å². The molecule has 9 heteroatoms. The van der Waals surface area contributed by atoms with Gasteiger partial charge in [0, 0.05) is 32.5 Å². The van der Waals surface area contributed by atoms with Gasteiger partial charge in [-0.1, -0.05) is 18.2 Å². The van der Waals surface area contributed by atoms with E-state index in [2.05, 4.69) is 15.7 Å². The Balaban J connectivity index is 0.00000306. The van der Waals surface area contributed by atoms with Crippen LogP contribution in [0, 0.1) is 11.3 Å². The van der Waals surface area contributed by atoms with Crippen LogP contribution in [0.2, 0.25) is 0 Å². The number of nitrogens with zero attached hydrogens (tertiary/aromatic N) is 2. The number of ketones is 1. The topological polar surface area (TPSA) is 99.5 Å². The molecule has 2 heterocycles. The molecule has 4 rings (SSSR count). The molecule has 0 aliphatic carbocycles. The normalized spacial score (nSPS) is 17.5. The molecule has 1 spiro atoms. The van der Waals surface area contributed by atoms with Crippen LogP contribution in [0.1, 0.15) is 46.3 Å². The Morgan fingerprint density at radius 2 is 1.79 bits per heavy atom. The molecule has 0 unspecified atom stereocenters. The van der Waals surface area contributed by atoms with E-state index in [1.807, 2.05) is 24.3 Å². The van der Waals surface area contributed by atoms with Gasteiger partial charge in [-0.3, -0.25) is 4.79 Å². The molecule has 1 saturated heterocycles.